The molecule has 1 amide bonds. The van der Waals surface area contributed by atoms with Crippen LogP contribution in [-0.4, -0.2) is 28.8 Å². The third-order valence-corrected chi connectivity index (χ3v) is 2.21. The van der Waals surface area contributed by atoms with Crippen molar-refractivity contribution in [3.05, 3.63) is 0 Å². The lowest BCUT2D eigenvalue weighted by atomic mass is 9.99. The number of hydrogen-bond donors (Lipinski definition) is 2. The van der Waals surface area contributed by atoms with E-state index in [1.807, 2.05) is 6.92 Å². The fraction of sp³-hybridized carbons (Fsp3) is 0.700. The molecule has 0 aliphatic heterocycles. The molecule has 86 valence electrons. The van der Waals surface area contributed by atoms with Crippen molar-refractivity contribution in [1.82, 2.24) is 5.32 Å². The number of rotatable bonds is 6. The maximum Gasteiger partial charge on any atom is 0.326 e. The van der Waals surface area contributed by atoms with Crippen molar-refractivity contribution in [2.24, 2.45) is 5.92 Å². The Balaban J connectivity index is 4.35. The van der Waals surface area contributed by atoms with Gasteiger partial charge in [0.25, 0.3) is 0 Å². The first-order valence-electron chi connectivity index (χ1n) is 4.90. The zero-order valence-corrected chi connectivity index (χ0v) is 9.24. The number of Topliss-reactive ketones (excluding diaryl/α,β-unsaturated/α-hetero) is 1. The van der Waals surface area contributed by atoms with Crippen LogP contribution in [0.2, 0.25) is 0 Å². The first kappa shape index (κ1) is 13.6. The van der Waals surface area contributed by atoms with E-state index in [0.717, 1.165) is 0 Å². The van der Waals surface area contributed by atoms with Gasteiger partial charge in [0.1, 0.15) is 11.8 Å². The van der Waals surface area contributed by atoms with Crippen molar-refractivity contribution in [2.45, 2.75) is 39.7 Å². The summed E-state index contributed by atoms with van der Waals surface area (Å²) in [5.74, 6) is -2.03. The topological polar surface area (TPSA) is 83.5 Å². The average Bonchev–Trinajstić information content (AvgIpc) is 2.11. The summed E-state index contributed by atoms with van der Waals surface area (Å²) in [6.45, 7) is 4.88. The Bertz CT molecular complexity index is 262. The fourth-order valence-electron chi connectivity index (χ4n) is 1.13. The number of nitrogens with one attached hydrogen (secondary N) is 1. The van der Waals surface area contributed by atoms with E-state index in [9.17, 15) is 14.4 Å². The molecule has 5 nitrogen and oxygen atoms in total. The third kappa shape index (κ3) is 5.15. The van der Waals surface area contributed by atoms with Crippen molar-refractivity contribution in [1.29, 1.82) is 0 Å². The molecule has 15 heavy (non-hydrogen) atoms. The molecule has 0 saturated heterocycles. The van der Waals surface area contributed by atoms with Gasteiger partial charge in [-0.25, -0.2) is 4.79 Å². The van der Waals surface area contributed by atoms with Gasteiger partial charge >= 0.3 is 5.97 Å². The van der Waals surface area contributed by atoms with Crippen LogP contribution in [0.4, 0.5) is 0 Å². The largest absolute Gasteiger partial charge is 0.480 e. The molecular formula is C10H17NO4. The van der Waals surface area contributed by atoms with Crippen LogP contribution in [0.25, 0.3) is 0 Å². The SMILES string of the molecule is CCC(C)C(NC(=O)CC(C)=O)C(=O)O. The number of carboxylic acids is 1. The molecule has 0 fully saturated rings. The van der Waals surface area contributed by atoms with Gasteiger partial charge in [-0.15, -0.1) is 0 Å². The van der Waals surface area contributed by atoms with Crippen LogP contribution < -0.4 is 5.32 Å². The second kappa shape index (κ2) is 6.16. The molecule has 2 atom stereocenters. The first-order valence-corrected chi connectivity index (χ1v) is 4.90. The van der Waals surface area contributed by atoms with Gasteiger partial charge < -0.3 is 10.4 Å². The molecule has 0 aromatic heterocycles. The minimum Gasteiger partial charge on any atom is -0.480 e. The van der Waals surface area contributed by atoms with E-state index >= 15 is 0 Å². The standard InChI is InChI=1S/C10H17NO4/c1-4-6(2)9(10(14)15)11-8(13)5-7(3)12/h6,9H,4-5H2,1-3H3,(H,11,13)(H,14,15). The summed E-state index contributed by atoms with van der Waals surface area (Å²) < 4.78 is 0. The molecule has 0 saturated carbocycles. The van der Waals surface area contributed by atoms with E-state index in [4.69, 9.17) is 5.11 Å². The molecule has 0 aliphatic carbocycles. The second-order valence-electron chi connectivity index (χ2n) is 3.65. The maximum atomic E-state index is 11.2. The molecule has 0 aromatic carbocycles. The van der Waals surface area contributed by atoms with Crippen molar-refractivity contribution in [3.8, 4) is 0 Å². The van der Waals surface area contributed by atoms with Gasteiger partial charge in [0.2, 0.25) is 5.91 Å². The molecule has 0 bridgehead atoms. The van der Waals surface area contributed by atoms with Crippen LogP contribution >= 0.6 is 0 Å². The highest BCUT2D eigenvalue weighted by Crippen LogP contribution is 2.08. The zero-order chi connectivity index (χ0) is 12.0. The van der Waals surface area contributed by atoms with Crippen LogP contribution in [0.5, 0.6) is 0 Å². The highest BCUT2D eigenvalue weighted by Gasteiger charge is 2.25. The van der Waals surface area contributed by atoms with Gasteiger partial charge in [-0.05, 0) is 12.8 Å². The number of hydrogen-bond acceptors (Lipinski definition) is 3. The molecule has 0 heterocycles. The van der Waals surface area contributed by atoms with Gasteiger partial charge in [-0.2, -0.15) is 0 Å². The number of amides is 1. The van der Waals surface area contributed by atoms with E-state index in [-0.39, 0.29) is 18.1 Å². The van der Waals surface area contributed by atoms with Crippen LogP contribution in [0.3, 0.4) is 0 Å². The quantitative estimate of drug-likeness (QED) is 0.635. The normalized spacial score (nSPS) is 14.1. The molecule has 0 spiro atoms. The molecule has 5 heteroatoms. The predicted molar refractivity (Wildman–Crippen MR) is 54.3 cm³/mol. The van der Waals surface area contributed by atoms with Crippen molar-refractivity contribution in [2.75, 3.05) is 0 Å². The van der Waals surface area contributed by atoms with E-state index in [1.165, 1.54) is 6.92 Å². The van der Waals surface area contributed by atoms with Crippen LogP contribution in [0, 0.1) is 5.92 Å². The average molecular weight is 215 g/mol. The Morgan fingerprint density at radius 2 is 1.87 bits per heavy atom. The smallest absolute Gasteiger partial charge is 0.326 e. The number of aliphatic carboxylic acids is 1. The number of carbonyl (C=O) groups excluding carboxylic acids is 2. The highest BCUT2D eigenvalue weighted by molar-refractivity contribution is 5.98. The van der Waals surface area contributed by atoms with Crippen molar-refractivity contribution < 1.29 is 19.5 Å². The molecule has 0 aliphatic rings. The first-order chi connectivity index (χ1) is 6.88. The minimum atomic E-state index is -1.07. The zero-order valence-electron chi connectivity index (χ0n) is 9.24. The highest BCUT2D eigenvalue weighted by atomic mass is 16.4. The lowest BCUT2D eigenvalue weighted by molar-refractivity contribution is -0.143. The summed E-state index contributed by atoms with van der Waals surface area (Å²) in [7, 11) is 0. The summed E-state index contributed by atoms with van der Waals surface area (Å²) in [6, 6.07) is -0.915. The van der Waals surface area contributed by atoms with Gasteiger partial charge in [0.05, 0.1) is 6.42 Å². The van der Waals surface area contributed by atoms with E-state index < -0.39 is 17.9 Å². The van der Waals surface area contributed by atoms with Crippen molar-refractivity contribution in [3.63, 3.8) is 0 Å². The summed E-state index contributed by atoms with van der Waals surface area (Å²) in [5, 5.41) is 11.2. The second-order valence-corrected chi connectivity index (χ2v) is 3.65. The fourth-order valence-corrected chi connectivity index (χ4v) is 1.13. The number of carboxylic acid groups (broad SMARTS) is 1. The van der Waals surface area contributed by atoms with Crippen LogP contribution in [0.15, 0.2) is 0 Å². The Morgan fingerprint density at radius 1 is 1.33 bits per heavy atom. The van der Waals surface area contributed by atoms with Crippen molar-refractivity contribution >= 4 is 17.7 Å². The lowest BCUT2D eigenvalue weighted by Gasteiger charge is -2.19. The summed E-state index contributed by atoms with van der Waals surface area (Å²) in [6.07, 6.45) is 0.386. The van der Waals surface area contributed by atoms with Gasteiger partial charge in [0, 0.05) is 0 Å². The monoisotopic (exact) mass is 215 g/mol. The van der Waals surface area contributed by atoms with Crippen LogP contribution in [0.1, 0.15) is 33.6 Å². The summed E-state index contributed by atoms with van der Waals surface area (Å²) >= 11 is 0. The minimum absolute atomic E-state index is 0.154. The molecule has 2 unspecified atom stereocenters. The maximum absolute atomic E-state index is 11.2. The Hall–Kier alpha value is -1.39. The molecule has 0 aromatic rings. The summed E-state index contributed by atoms with van der Waals surface area (Å²) in [5.41, 5.74) is 0. The van der Waals surface area contributed by atoms with Gasteiger partial charge in [-0.1, -0.05) is 20.3 Å². The van der Waals surface area contributed by atoms with Crippen LogP contribution in [-0.2, 0) is 14.4 Å². The van der Waals surface area contributed by atoms with Gasteiger partial charge in [-0.3, -0.25) is 9.59 Å². The number of carbonyl (C=O) groups is 3. The van der Waals surface area contributed by atoms with E-state index in [1.54, 1.807) is 6.92 Å². The molecule has 2 N–H and O–H groups in total. The number of ketones is 1. The summed E-state index contributed by atoms with van der Waals surface area (Å²) in [4.78, 5) is 32.7. The lowest BCUT2D eigenvalue weighted by Crippen LogP contribution is -2.45. The van der Waals surface area contributed by atoms with E-state index in [0.29, 0.717) is 6.42 Å². The molecular weight excluding hydrogens is 198 g/mol. The van der Waals surface area contributed by atoms with Gasteiger partial charge in [0.15, 0.2) is 0 Å². The predicted octanol–water partition coefficient (Wildman–Crippen LogP) is 0.581. The Kier molecular flexibility index (Phi) is 5.59. The van der Waals surface area contributed by atoms with E-state index in [2.05, 4.69) is 5.32 Å². The third-order valence-electron chi connectivity index (χ3n) is 2.21. The Morgan fingerprint density at radius 3 is 2.20 bits per heavy atom. The Labute approximate surface area is 88.9 Å². The molecule has 0 radical (unpaired) electrons. The molecule has 0 rings (SSSR count).